The van der Waals surface area contributed by atoms with E-state index in [-0.39, 0.29) is 17.0 Å². The quantitative estimate of drug-likeness (QED) is 0.415. The van der Waals surface area contributed by atoms with Crippen molar-refractivity contribution < 1.29 is 32.9 Å². The maximum absolute atomic E-state index is 14.6. The van der Waals surface area contributed by atoms with Crippen LogP contribution < -0.4 is 28.9 Å². The first-order chi connectivity index (χ1) is 13.0. The molecule has 1 aliphatic carbocycles. The third-order valence-electron chi connectivity index (χ3n) is 4.82. The minimum absolute atomic E-state index is 0.145. The molecule has 6 nitrogen and oxygen atoms in total. The fourth-order valence-corrected chi connectivity index (χ4v) is 3.40. The van der Waals surface area contributed by atoms with E-state index in [4.69, 9.17) is 0 Å². The van der Waals surface area contributed by atoms with Crippen molar-refractivity contribution in [1.82, 2.24) is 4.57 Å². The smallest absolute Gasteiger partial charge is 0.341 e. The molecule has 27 heavy (non-hydrogen) atoms. The van der Waals surface area contributed by atoms with E-state index in [0.717, 1.165) is 39.0 Å². The Morgan fingerprint density at radius 2 is 1.89 bits per heavy atom. The summed E-state index contributed by atoms with van der Waals surface area (Å²) >= 11 is 5.30. The first kappa shape index (κ1) is 21.5. The molecule has 1 saturated heterocycles. The summed E-state index contributed by atoms with van der Waals surface area (Å²) in [5.74, 6) is -1.74. The summed E-state index contributed by atoms with van der Waals surface area (Å²) in [6.45, 7) is 3.32. The van der Waals surface area contributed by atoms with Crippen molar-refractivity contribution in [3.8, 4) is 0 Å². The van der Waals surface area contributed by atoms with E-state index in [0.29, 0.717) is 24.5 Å². The maximum atomic E-state index is 14.6. The van der Waals surface area contributed by atoms with Gasteiger partial charge in [0, 0.05) is 17.6 Å². The number of quaternary nitrogens is 1. The van der Waals surface area contributed by atoms with E-state index in [1.165, 1.54) is 12.3 Å². The van der Waals surface area contributed by atoms with Crippen molar-refractivity contribution in [1.29, 1.82) is 0 Å². The Kier molecular flexibility index (Phi) is 7.58. The number of pyridine rings is 1. The number of fused-ring (bicyclic) bond motifs is 1. The number of aromatic carboxylic acids is 1. The molecule has 3 N–H and O–H groups in total. The molecule has 2 fully saturated rings. The number of benzene rings is 1. The van der Waals surface area contributed by atoms with Crippen LogP contribution in [0.3, 0.4) is 0 Å². The number of nitrogens with two attached hydrogens (primary N) is 1. The van der Waals surface area contributed by atoms with E-state index >= 15 is 0 Å². The van der Waals surface area contributed by atoms with E-state index in [9.17, 15) is 19.1 Å². The summed E-state index contributed by atoms with van der Waals surface area (Å²) < 4.78 is 16.5. The Morgan fingerprint density at radius 3 is 2.44 bits per heavy atom. The van der Waals surface area contributed by atoms with Gasteiger partial charge in [0.15, 0.2) is 0 Å². The van der Waals surface area contributed by atoms with Crippen molar-refractivity contribution in [3.63, 3.8) is 0 Å². The second-order valence-corrected chi connectivity index (χ2v) is 22.8. The average Bonchev–Trinajstić information content (AvgIpc) is 3.48. The Hall–Kier alpha value is -0.220. The minimum atomic E-state index is -1.27. The molecule has 1 aliphatic heterocycles. The number of halogens is 4. The molecule has 1 aromatic carbocycles. The molecule has 148 valence electrons. The van der Waals surface area contributed by atoms with Gasteiger partial charge >= 0.3 is 56.5 Å². The van der Waals surface area contributed by atoms with Gasteiger partial charge in [0.2, 0.25) is 5.43 Å². The van der Waals surface area contributed by atoms with Gasteiger partial charge in [-0.2, -0.15) is 0 Å². The average molecular weight is 713 g/mol. The van der Waals surface area contributed by atoms with E-state index in [1.54, 1.807) is 6.07 Å². The van der Waals surface area contributed by atoms with Crippen LogP contribution in [-0.4, -0.2) is 41.8 Å². The van der Waals surface area contributed by atoms with Gasteiger partial charge in [0.25, 0.3) is 0 Å². The Labute approximate surface area is 185 Å². The Balaban J connectivity index is 0.000000659. The van der Waals surface area contributed by atoms with Crippen molar-refractivity contribution >= 4 is 59.8 Å². The molecule has 0 bridgehead atoms. The molecule has 0 spiro atoms. The van der Waals surface area contributed by atoms with Gasteiger partial charge in [-0.25, -0.2) is 9.18 Å². The standard InChI is InChI=1S/C17H18FN3O3.I3/c18-13-7-11-14(8-15(13)20-5-3-19-4-6-20)21(10-1-2-10)9-12(16(11)22)17(23)24;1-3-2/h7-10,19H,1-6H2,(H,23,24);/q;-1/p+1. The number of aromatic nitrogens is 1. The minimum Gasteiger partial charge on any atom is -0.477 e. The summed E-state index contributed by atoms with van der Waals surface area (Å²) in [4.78, 5) is 25.8. The van der Waals surface area contributed by atoms with Crippen LogP contribution in [0.25, 0.3) is 10.9 Å². The van der Waals surface area contributed by atoms with Gasteiger partial charge in [-0.3, -0.25) is 4.79 Å². The Morgan fingerprint density at radius 1 is 1.26 bits per heavy atom. The number of anilines is 1. The predicted octanol–water partition coefficient (Wildman–Crippen LogP) is -0.667. The molecule has 0 radical (unpaired) electrons. The number of piperazine rings is 1. The number of nitrogens with zero attached hydrogens (tertiary/aromatic N) is 2. The van der Waals surface area contributed by atoms with Crippen molar-refractivity contribution in [2.24, 2.45) is 0 Å². The number of rotatable bonds is 3. The van der Waals surface area contributed by atoms with Crippen LogP contribution in [0, 0.1) is 5.82 Å². The summed E-state index contributed by atoms with van der Waals surface area (Å²) in [7, 11) is 0. The molecule has 1 aromatic heterocycles. The van der Waals surface area contributed by atoms with Crippen LogP contribution in [0.5, 0.6) is 0 Å². The molecular formula is C17H19FI3N3O3. The molecule has 1 saturated carbocycles. The normalized spacial score (nSPS) is 16.9. The number of carboxylic acids is 1. The van der Waals surface area contributed by atoms with Crippen LogP contribution >= 0.6 is 37.2 Å². The van der Waals surface area contributed by atoms with Crippen molar-refractivity contribution in [2.45, 2.75) is 18.9 Å². The zero-order chi connectivity index (χ0) is 19.6. The molecule has 2 heterocycles. The fourth-order valence-electron chi connectivity index (χ4n) is 3.40. The molecule has 0 unspecified atom stereocenters. The summed E-state index contributed by atoms with van der Waals surface area (Å²) in [5, 5.41) is 11.6. The van der Waals surface area contributed by atoms with Crippen LogP contribution in [-0.2, 0) is 0 Å². The third kappa shape index (κ3) is 4.86. The molecule has 2 aliphatic rings. The number of hydrogen-bond acceptors (Lipinski definition) is 3. The van der Waals surface area contributed by atoms with Crippen LogP contribution in [0.2, 0.25) is 0 Å². The largest absolute Gasteiger partial charge is 0.477 e. The van der Waals surface area contributed by atoms with Crippen molar-refractivity contribution in [2.75, 3.05) is 31.1 Å². The zero-order valence-corrected chi connectivity index (χ0v) is 20.8. The summed E-state index contributed by atoms with van der Waals surface area (Å²) in [6.07, 6.45) is 3.31. The number of carboxylic acid groups (broad SMARTS) is 1. The molecule has 0 atom stereocenters. The molecule has 0 amide bonds. The second kappa shape index (κ2) is 9.52. The van der Waals surface area contributed by atoms with Gasteiger partial charge < -0.3 is 19.9 Å². The fraction of sp³-hybridized carbons (Fsp3) is 0.412. The van der Waals surface area contributed by atoms with Gasteiger partial charge in [-0.1, -0.05) is 0 Å². The predicted molar refractivity (Wildman–Crippen MR) is 115 cm³/mol. The van der Waals surface area contributed by atoms with E-state index < -0.39 is 17.2 Å². The monoisotopic (exact) mass is 713 g/mol. The van der Waals surface area contributed by atoms with Gasteiger partial charge in [0.05, 0.1) is 37.4 Å². The topological polar surface area (TPSA) is 79.2 Å². The summed E-state index contributed by atoms with van der Waals surface area (Å²) in [6, 6.07) is 3.11. The molecule has 2 aromatic rings. The number of carbonyl (C=O) groups is 1. The summed E-state index contributed by atoms with van der Waals surface area (Å²) in [5.41, 5.74) is 0.201. The van der Waals surface area contributed by atoms with Gasteiger partial charge in [-0.15, -0.1) is 0 Å². The van der Waals surface area contributed by atoms with E-state index in [2.05, 4.69) is 42.5 Å². The first-order valence-electron chi connectivity index (χ1n) is 8.53. The third-order valence-corrected chi connectivity index (χ3v) is 4.82. The molecule has 4 rings (SSSR count). The SMILES string of the molecule is I[I-]I.O=C(O)c1cn(C2CC2)c2cc(N3CC[NH2+]CC3)c(F)cc2c1=O. The van der Waals surface area contributed by atoms with Crippen LogP contribution in [0.4, 0.5) is 10.1 Å². The molecular weight excluding hydrogens is 694 g/mol. The van der Waals surface area contributed by atoms with Gasteiger partial charge in [-0.05, 0) is 25.0 Å². The van der Waals surface area contributed by atoms with Crippen LogP contribution in [0.15, 0.2) is 23.1 Å². The van der Waals surface area contributed by atoms with E-state index in [1.807, 2.05) is 9.47 Å². The van der Waals surface area contributed by atoms with Gasteiger partial charge in [0.1, 0.15) is 11.4 Å². The first-order valence-corrected chi connectivity index (χ1v) is 21.1. The Bertz CT molecular complexity index is 912. The second-order valence-electron chi connectivity index (χ2n) is 6.54. The number of hydrogen-bond donors (Lipinski definition) is 2. The van der Waals surface area contributed by atoms with Crippen molar-refractivity contribution in [3.05, 3.63) is 39.9 Å². The molecule has 10 heteroatoms. The maximum Gasteiger partial charge on any atom is 0.341 e. The van der Waals surface area contributed by atoms with Crippen LogP contribution in [0.1, 0.15) is 29.2 Å². The zero-order valence-electron chi connectivity index (χ0n) is 14.3.